The molecule has 2 nitrogen and oxygen atoms in total. The summed E-state index contributed by atoms with van der Waals surface area (Å²) in [5.74, 6) is 0.797. The summed E-state index contributed by atoms with van der Waals surface area (Å²) in [7, 11) is 0. The monoisotopic (exact) mass is 724 g/mol. The van der Waals surface area contributed by atoms with E-state index in [1.165, 1.54) is 22.3 Å². The topological polar surface area (TPSA) is 40.5 Å². The molecule has 2 aromatic rings. The number of hydrogen-bond donors (Lipinski definition) is 2. The van der Waals surface area contributed by atoms with Crippen molar-refractivity contribution in [2.45, 2.75) is 139 Å². The molecule has 2 aliphatic carbocycles. The standard InChI is InChI=1S/2C14H22O.2C7H9.ClH.Zr/c2*1-13(2,3)10-7-8-12(15)11(9-10)14(4,5)6;2*1-6-3-4-7(2)5-6;;/h2*7-9,15H,1-6H3;2*3-5H,1-2H3;1H;. The Morgan fingerprint density at radius 2 is 0.826 bits per heavy atom. The van der Waals surface area contributed by atoms with Crippen molar-refractivity contribution >= 4 is 12.4 Å². The first-order valence-electron chi connectivity index (χ1n) is 16.4. The summed E-state index contributed by atoms with van der Waals surface area (Å²) in [5.41, 5.74) is 7.70. The van der Waals surface area contributed by atoms with Gasteiger partial charge in [-0.15, -0.1) is 12.4 Å². The Labute approximate surface area is 300 Å². The quantitative estimate of drug-likeness (QED) is 0.324. The van der Waals surface area contributed by atoms with E-state index in [9.17, 15) is 10.2 Å². The van der Waals surface area contributed by atoms with E-state index >= 15 is 0 Å². The minimum Gasteiger partial charge on any atom is -0.147 e. The van der Waals surface area contributed by atoms with Crippen molar-refractivity contribution in [1.82, 2.24) is 0 Å². The third kappa shape index (κ3) is 12.3. The normalized spacial score (nSPS) is 20.9. The fourth-order valence-electron chi connectivity index (χ4n) is 5.69. The second-order valence-corrected chi connectivity index (χ2v) is 23.5. The minimum absolute atomic E-state index is 0. The molecule has 46 heavy (non-hydrogen) atoms. The zero-order valence-electron chi connectivity index (χ0n) is 31.7. The molecular weight excluding hydrogens is 663 g/mol. The number of phenols is 2. The molecule has 0 radical (unpaired) electrons. The summed E-state index contributed by atoms with van der Waals surface area (Å²) >= 11 is -0.529. The average Bonchev–Trinajstić information content (AvgIpc) is 3.36. The maximum atomic E-state index is 9.84. The van der Waals surface area contributed by atoms with Crippen molar-refractivity contribution in [3.63, 3.8) is 0 Å². The average molecular weight is 727 g/mol. The first-order chi connectivity index (χ1) is 20.2. The minimum atomic E-state index is -0.529. The van der Waals surface area contributed by atoms with Gasteiger partial charge in [0.25, 0.3) is 0 Å². The van der Waals surface area contributed by atoms with E-state index in [0.717, 1.165) is 11.1 Å². The van der Waals surface area contributed by atoms with Crippen molar-refractivity contribution in [2.75, 3.05) is 0 Å². The Morgan fingerprint density at radius 1 is 0.522 bits per heavy atom. The molecule has 2 aromatic carbocycles. The Balaban J connectivity index is 0.000000341. The van der Waals surface area contributed by atoms with Gasteiger partial charge in [-0.3, -0.25) is 0 Å². The molecule has 0 aliphatic heterocycles. The summed E-state index contributed by atoms with van der Waals surface area (Å²) in [6.07, 6.45) is 14.3. The van der Waals surface area contributed by atoms with Crippen molar-refractivity contribution < 1.29 is 33.4 Å². The fourth-order valence-corrected chi connectivity index (χ4v) is 10.8. The van der Waals surface area contributed by atoms with Crippen LogP contribution in [-0.2, 0) is 44.9 Å². The van der Waals surface area contributed by atoms with Crippen LogP contribution in [0.1, 0.15) is 133 Å². The van der Waals surface area contributed by atoms with Crippen LogP contribution in [0, 0.1) is 0 Å². The zero-order valence-corrected chi connectivity index (χ0v) is 35.0. The van der Waals surface area contributed by atoms with Gasteiger partial charge >= 0.3 is 105 Å². The molecule has 2 aliphatic rings. The molecule has 4 heteroatoms. The molecule has 4 rings (SSSR count). The maximum Gasteiger partial charge on any atom is -0.147 e. The van der Waals surface area contributed by atoms with Crippen LogP contribution in [0.25, 0.3) is 0 Å². The smallest absolute Gasteiger partial charge is 0.147 e. The first kappa shape index (κ1) is 42.2. The van der Waals surface area contributed by atoms with Crippen molar-refractivity contribution in [3.05, 3.63) is 106 Å². The fraction of sp³-hybridized carbons (Fsp3) is 0.524. The molecule has 0 saturated heterocycles. The van der Waals surface area contributed by atoms with Gasteiger partial charge in [0.1, 0.15) is 11.5 Å². The van der Waals surface area contributed by atoms with Gasteiger partial charge in [0, 0.05) is 0 Å². The van der Waals surface area contributed by atoms with Crippen molar-refractivity contribution in [3.8, 4) is 11.5 Å². The van der Waals surface area contributed by atoms with E-state index in [2.05, 4.69) is 159 Å². The van der Waals surface area contributed by atoms with Gasteiger partial charge in [0.15, 0.2) is 0 Å². The second kappa shape index (κ2) is 15.2. The molecule has 0 amide bonds. The van der Waals surface area contributed by atoms with Crippen LogP contribution in [-0.4, -0.2) is 10.2 Å². The van der Waals surface area contributed by atoms with Crippen LogP contribution in [0.5, 0.6) is 11.5 Å². The Hall–Kier alpha value is -1.83. The number of phenolic OH excluding ortho intramolecular Hbond substituents is 2. The van der Waals surface area contributed by atoms with Crippen LogP contribution in [0.2, 0.25) is 6.25 Å². The van der Waals surface area contributed by atoms with Gasteiger partial charge < -0.3 is 10.2 Å². The summed E-state index contributed by atoms with van der Waals surface area (Å²) in [6.45, 7) is 35.0. The maximum absolute atomic E-state index is 9.84. The number of benzene rings is 2. The number of hydrogen-bond acceptors (Lipinski definition) is 2. The van der Waals surface area contributed by atoms with Crippen molar-refractivity contribution in [2.24, 2.45) is 0 Å². The van der Waals surface area contributed by atoms with Crippen LogP contribution in [0.15, 0.2) is 84.0 Å². The molecule has 0 heterocycles. The number of rotatable bonds is 2. The SMILES string of the molecule is CC(C)(C)c1ccc(O)c(C(C)(C)C)c1.CC(C)(C)c1ccc(O)c(C(C)(C)C)c1.CC1=C[C](C)([Zr][C]2(C)C=CC(C)=C2)C=C1.Cl. The van der Waals surface area contributed by atoms with E-state index in [-0.39, 0.29) is 34.1 Å². The van der Waals surface area contributed by atoms with E-state index in [1.54, 1.807) is 12.1 Å². The zero-order chi connectivity index (χ0) is 34.8. The van der Waals surface area contributed by atoms with Crippen LogP contribution < -0.4 is 0 Å². The summed E-state index contributed by atoms with van der Waals surface area (Å²) in [6, 6.07) is 11.9. The summed E-state index contributed by atoms with van der Waals surface area (Å²) in [5, 5.41) is 19.7. The van der Waals surface area contributed by atoms with E-state index in [4.69, 9.17) is 0 Å². The largest absolute Gasteiger partial charge is 0.147 e. The van der Waals surface area contributed by atoms with Gasteiger partial charge in [0.2, 0.25) is 0 Å². The van der Waals surface area contributed by atoms with Crippen molar-refractivity contribution in [1.29, 1.82) is 0 Å². The van der Waals surface area contributed by atoms with Crippen LogP contribution in [0.3, 0.4) is 0 Å². The van der Waals surface area contributed by atoms with E-state index in [0.29, 0.717) is 17.7 Å². The number of aromatic hydroxyl groups is 2. The number of allylic oxidation sites excluding steroid dienone is 8. The molecule has 254 valence electrons. The predicted molar refractivity (Wildman–Crippen MR) is 201 cm³/mol. The molecule has 2 unspecified atom stereocenters. The second-order valence-electron chi connectivity index (χ2n) is 17.6. The molecule has 2 N–H and O–H groups in total. The predicted octanol–water partition coefficient (Wildman–Crippen LogP) is 12.9. The third-order valence-electron chi connectivity index (χ3n) is 8.32. The molecule has 0 spiro atoms. The molecule has 0 saturated carbocycles. The van der Waals surface area contributed by atoms with Crippen LogP contribution >= 0.6 is 12.4 Å². The third-order valence-corrected chi connectivity index (χ3v) is 12.5. The Kier molecular flexibility index (Phi) is 13.9. The first-order valence-corrected chi connectivity index (χ1v) is 18.9. The Bertz CT molecular complexity index is 1350. The van der Waals surface area contributed by atoms with Gasteiger partial charge in [0.05, 0.1) is 0 Å². The molecule has 0 bridgehead atoms. The molecular formula is C42H63ClO2Zr. The van der Waals surface area contributed by atoms with Gasteiger partial charge in [-0.05, 0) is 56.0 Å². The summed E-state index contributed by atoms with van der Waals surface area (Å²) in [4.78, 5) is 0. The number of halogens is 1. The van der Waals surface area contributed by atoms with Crippen LogP contribution in [0.4, 0.5) is 0 Å². The Morgan fingerprint density at radius 3 is 1.04 bits per heavy atom. The van der Waals surface area contributed by atoms with Gasteiger partial charge in [-0.25, -0.2) is 0 Å². The van der Waals surface area contributed by atoms with E-state index in [1.807, 2.05) is 12.1 Å². The molecule has 0 aromatic heterocycles. The van der Waals surface area contributed by atoms with E-state index < -0.39 is 23.2 Å². The van der Waals surface area contributed by atoms with Gasteiger partial charge in [-0.1, -0.05) is 107 Å². The van der Waals surface area contributed by atoms with Gasteiger partial charge in [-0.2, -0.15) is 0 Å². The summed E-state index contributed by atoms with van der Waals surface area (Å²) < 4.78 is 0.821. The molecule has 2 atom stereocenters. The molecule has 0 fully saturated rings.